The number of carbonyl (C=O) groups excluding carboxylic acids is 1. The van der Waals surface area contributed by atoms with E-state index in [0.717, 1.165) is 43.7 Å². The van der Waals surface area contributed by atoms with Crippen molar-refractivity contribution in [1.82, 2.24) is 10.6 Å². The molecule has 2 rings (SSSR count). The Labute approximate surface area is 163 Å². The van der Waals surface area contributed by atoms with Crippen LogP contribution in [0, 0.1) is 11.3 Å². The number of halogens is 1. The maximum absolute atomic E-state index is 12.8. The second-order valence-electron chi connectivity index (χ2n) is 7.28. The molecule has 0 aromatic heterocycles. The molecule has 0 saturated carbocycles. The highest BCUT2D eigenvalue weighted by atomic mass is 35.5. The van der Waals surface area contributed by atoms with E-state index in [1.54, 1.807) is 7.11 Å². The first-order chi connectivity index (χ1) is 12.1. The van der Waals surface area contributed by atoms with Gasteiger partial charge in [-0.05, 0) is 44.3 Å². The lowest BCUT2D eigenvalue weighted by molar-refractivity contribution is -0.136. The first-order valence-corrected chi connectivity index (χ1v) is 9.26. The van der Waals surface area contributed by atoms with Crippen LogP contribution in [0.4, 0.5) is 0 Å². The zero-order valence-corrected chi connectivity index (χ0v) is 17.0. The van der Waals surface area contributed by atoms with Gasteiger partial charge in [-0.15, -0.1) is 12.4 Å². The molecule has 1 saturated heterocycles. The van der Waals surface area contributed by atoms with Crippen LogP contribution in [-0.2, 0) is 16.1 Å². The molecular weight excluding hydrogens is 352 g/mol. The van der Waals surface area contributed by atoms with Crippen LogP contribution in [0.1, 0.15) is 38.7 Å². The molecule has 1 aliphatic heterocycles. The number of nitrogens with one attached hydrogen (secondary N) is 2. The molecule has 0 unspecified atom stereocenters. The van der Waals surface area contributed by atoms with Crippen molar-refractivity contribution in [2.45, 2.75) is 39.7 Å². The Hall–Kier alpha value is -1.30. The molecule has 1 amide bonds. The number of benzene rings is 1. The minimum atomic E-state index is -0.423. The van der Waals surface area contributed by atoms with Gasteiger partial charge in [0, 0.05) is 19.2 Å². The van der Waals surface area contributed by atoms with Crippen molar-refractivity contribution in [2.24, 2.45) is 11.3 Å². The van der Waals surface area contributed by atoms with Gasteiger partial charge in [-0.25, -0.2) is 0 Å². The van der Waals surface area contributed by atoms with Gasteiger partial charge in [0.1, 0.15) is 5.75 Å². The molecule has 5 nitrogen and oxygen atoms in total. The van der Waals surface area contributed by atoms with Gasteiger partial charge < -0.3 is 20.1 Å². The fourth-order valence-electron chi connectivity index (χ4n) is 3.18. The summed E-state index contributed by atoms with van der Waals surface area (Å²) in [5, 5.41) is 6.42. The van der Waals surface area contributed by atoms with Crippen molar-refractivity contribution < 1.29 is 14.3 Å². The van der Waals surface area contributed by atoms with Crippen molar-refractivity contribution in [2.75, 3.05) is 33.4 Å². The monoisotopic (exact) mass is 384 g/mol. The first kappa shape index (κ1) is 22.7. The Morgan fingerprint density at radius 3 is 2.62 bits per heavy atom. The topological polar surface area (TPSA) is 59.6 Å². The minimum Gasteiger partial charge on any atom is -0.493 e. The highest BCUT2D eigenvalue weighted by molar-refractivity contribution is 5.85. The number of ether oxygens (including phenoxy) is 2. The average molecular weight is 385 g/mol. The van der Waals surface area contributed by atoms with Crippen LogP contribution >= 0.6 is 12.4 Å². The van der Waals surface area contributed by atoms with Crippen LogP contribution < -0.4 is 15.4 Å². The Morgan fingerprint density at radius 2 is 1.96 bits per heavy atom. The quantitative estimate of drug-likeness (QED) is 0.686. The van der Waals surface area contributed by atoms with Crippen LogP contribution in [0.15, 0.2) is 24.3 Å². The molecule has 148 valence electrons. The highest BCUT2D eigenvalue weighted by Gasteiger charge is 2.39. The third kappa shape index (κ3) is 6.45. The third-order valence-electron chi connectivity index (χ3n) is 4.83. The lowest BCUT2D eigenvalue weighted by atomic mass is 9.78. The Bertz CT molecular complexity index is 540. The zero-order chi connectivity index (χ0) is 18.1. The van der Waals surface area contributed by atoms with Crippen molar-refractivity contribution in [3.63, 3.8) is 0 Å². The lowest BCUT2D eigenvalue weighted by Gasteiger charge is -2.35. The molecule has 6 heteroatoms. The van der Waals surface area contributed by atoms with Crippen LogP contribution in [0.3, 0.4) is 0 Å². The number of carbonyl (C=O) groups is 1. The number of hydrogen-bond acceptors (Lipinski definition) is 4. The summed E-state index contributed by atoms with van der Waals surface area (Å²) in [6.45, 7) is 7.72. The number of hydrogen-bond donors (Lipinski definition) is 2. The molecule has 2 N–H and O–H groups in total. The zero-order valence-electron chi connectivity index (χ0n) is 16.2. The van der Waals surface area contributed by atoms with Gasteiger partial charge in [0.05, 0.1) is 18.6 Å². The van der Waals surface area contributed by atoms with Crippen LogP contribution in [0.2, 0.25) is 0 Å². The highest BCUT2D eigenvalue weighted by Crippen LogP contribution is 2.30. The normalized spacial score (nSPS) is 16.0. The Balaban J connectivity index is 0.00000338. The summed E-state index contributed by atoms with van der Waals surface area (Å²) in [4.78, 5) is 12.8. The predicted molar refractivity (Wildman–Crippen MR) is 107 cm³/mol. The maximum Gasteiger partial charge on any atom is 0.228 e. The predicted octanol–water partition coefficient (Wildman–Crippen LogP) is 3.17. The molecule has 1 fully saturated rings. The molecule has 1 aromatic rings. The molecule has 1 aromatic carbocycles. The van der Waals surface area contributed by atoms with E-state index < -0.39 is 5.41 Å². The standard InChI is InChI=1S/C20H32N2O3.ClH/c1-16(2)8-13-25-18-7-5-4-6-17(18)14-22-19(23)20(15-24-3)9-11-21-12-10-20;/h4-7,16,21H,8-15H2,1-3H3,(H,22,23);1H. The third-order valence-corrected chi connectivity index (χ3v) is 4.83. The SMILES string of the molecule is COCC1(C(=O)NCc2ccccc2OCCC(C)C)CCNCC1.Cl. The number of piperidine rings is 1. The van der Waals surface area contributed by atoms with E-state index >= 15 is 0 Å². The second-order valence-corrected chi connectivity index (χ2v) is 7.28. The Kier molecular flexibility index (Phi) is 9.99. The molecule has 0 aliphatic carbocycles. The van der Waals surface area contributed by atoms with E-state index in [0.29, 0.717) is 25.7 Å². The fraction of sp³-hybridized carbons (Fsp3) is 0.650. The van der Waals surface area contributed by atoms with Gasteiger partial charge in [-0.3, -0.25) is 4.79 Å². The van der Waals surface area contributed by atoms with Gasteiger partial charge in [-0.2, -0.15) is 0 Å². The summed E-state index contributed by atoms with van der Waals surface area (Å²) < 4.78 is 11.3. The van der Waals surface area contributed by atoms with E-state index in [-0.39, 0.29) is 18.3 Å². The van der Waals surface area contributed by atoms with E-state index in [1.807, 2.05) is 24.3 Å². The smallest absolute Gasteiger partial charge is 0.228 e. The molecule has 26 heavy (non-hydrogen) atoms. The number of para-hydroxylation sites is 1. The summed E-state index contributed by atoms with van der Waals surface area (Å²) in [5.74, 6) is 1.54. The summed E-state index contributed by atoms with van der Waals surface area (Å²) in [6, 6.07) is 7.93. The van der Waals surface area contributed by atoms with Crippen molar-refractivity contribution in [1.29, 1.82) is 0 Å². The summed E-state index contributed by atoms with van der Waals surface area (Å²) in [7, 11) is 1.66. The van der Waals surface area contributed by atoms with Gasteiger partial charge in [0.2, 0.25) is 5.91 Å². The van der Waals surface area contributed by atoms with Crippen LogP contribution in [0.5, 0.6) is 5.75 Å². The van der Waals surface area contributed by atoms with Gasteiger partial charge in [0.15, 0.2) is 0 Å². The van der Waals surface area contributed by atoms with Gasteiger partial charge >= 0.3 is 0 Å². The number of amides is 1. The summed E-state index contributed by atoms with van der Waals surface area (Å²) >= 11 is 0. The van der Waals surface area contributed by atoms with Gasteiger partial charge in [-0.1, -0.05) is 32.0 Å². The van der Waals surface area contributed by atoms with Crippen LogP contribution in [0.25, 0.3) is 0 Å². The van der Waals surface area contributed by atoms with E-state index in [1.165, 1.54) is 0 Å². The molecular formula is C20H33ClN2O3. The maximum atomic E-state index is 12.8. The van der Waals surface area contributed by atoms with Crippen LogP contribution in [-0.4, -0.2) is 39.3 Å². The molecule has 1 heterocycles. The summed E-state index contributed by atoms with van der Waals surface area (Å²) in [6.07, 6.45) is 2.63. The average Bonchev–Trinajstić information content (AvgIpc) is 2.61. The van der Waals surface area contributed by atoms with Gasteiger partial charge in [0.25, 0.3) is 0 Å². The molecule has 0 spiro atoms. The fourth-order valence-corrected chi connectivity index (χ4v) is 3.18. The molecule has 0 bridgehead atoms. The molecule has 0 atom stereocenters. The molecule has 1 aliphatic rings. The van der Waals surface area contributed by atoms with Crippen molar-refractivity contribution >= 4 is 18.3 Å². The number of rotatable bonds is 9. The second kappa shape index (κ2) is 11.4. The van der Waals surface area contributed by atoms with Crippen molar-refractivity contribution in [3.8, 4) is 5.75 Å². The lowest BCUT2D eigenvalue weighted by Crippen LogP contribution is -2.50. The minimum absolute atomic E-state index is 0. The Morgan fingerprint density at radius 1 is 1.27 bits per heavy atom. The number of methoxy groups -OCH3 is 1. The molecule has 0 radical (unpaired) electrons. The van der Waals surface area contributed by atoms with E-state index in [2.05, 4.69) is 24.5 Å². The largest absolute Gasteiger partial charge is 0.493 e. The van der Waals surface area contributed by atoms with Crippen molar-refractivity contribution in [3.05, 3.63) is 29.8 Å². The summed E-state index contributed by atoms with van der Waals surface area (Å²) in [5.41, 5.74) is 0.592. The first-order valence-electron chi connectivity index (χ1n) is 9.26. The van der Waals surface area contributed by atoms with E-state index in [9.17, 15) is 4.79 Å². The van der Waals surface area contributed by atoms with E-state index in [4.69, 9.17) is 9.47 Å².